The van der Waals surface area contributed by atoms with Gasteiger partial charge >= 0.3 is 0 Å². The molecule has 0 spiro atoms. The molecule has 142 valence electrons. The Hall–Kier alpha value is -3.48. The number of nitrogens with one attached hydrogen (secondary N) is 2. The molecule has 1 aliphatic heterocycles. The van der Waals surface area contributed by atoms with Gasteiger partial charge < -0.3 is 15.2 Å². The lowest BCUT2D eigenvalue weighted by atomic mass is 10.1. The van der Waals surface area contributed by atoms with E-state index in [0.717, 1.165) is 11.1 Å². The Morgan fingerprint density at radius 2 is 1.93 bits per heavy atom. The molecule has 0 bridgehead atoms. The van der Waals surface area contributed by atoms with Crippen LogP contribution in [0.4, 0.5) is 4.39 Å². The lowest BCUT2D eigenvalue weighted by Crippen LogP contribution is -2.37. The van der Waals surface area contributed by atoms with Crippen LogP contribution in [0.1, 0.15) is 22.5 Å². The van der Waals surface area contributed by atoms with Gasteiger partial charge in [0, 0.05) is 25.1 Å². The molecule has 4 rings (SSSR count). The number of aromatic amines is 1. The molecule has 1 aromatic heterocycles. The summed E-state index contributed by atoms with van der Waals surface area (Å²) in [6.45, 7) is 0.807. The Labute approximate surface area is 161 Å². The zero-order valence-corrected chi connectivity index (χ0v) is 15.1. The predicted molar refractivity (Wildman–Crippen MR) is 102 cm³/mol. The summed E-state index contributed by atoms with van der Waals surface area (Å²) >= 11 is 0. The van der Waals surface area contributed by atoms with E-state index >= 15 is 0 Å². The Bertz CT molecular complexity index is 985. The molecule has 0 saturated carbocycles. The van der Waals surface area contributed by atoms with E-state index < -0.39 is 0 Å². The second-order valence-electron chi connectivity index (χ2n) is 6.77. The highest BCUT2D eigenvalue weighted by atomic mass is 19.1. The van der Waals surface area contributed by atoms with Gasteiger partial charge in [-0.25, -0.2) is 9.37 Å². The van der Waals surface area contributed by atoms with Crippen molar-refractivity contribution in [3.63, 3.8) is 0 Å². The van der Waals surface area contributed by atoms with Crippen LogP contribution in [0.25, 0.3) is 11.3 Å². The third-order valence-corrected chi connectivity index (χ3v) is 4.75. The number of imidazole rings is 1. The van der Waals surface area contributed by atoms with Gasteiger partial charge in [0.2, 0.25) is 5.91 Å². The molecule has 28 heavy (non-hydrogen) atoms. The maximum atomic E-state index is 13.0. The molecule has 6 nitrogen and oxygen atoms in total. The van der Waals surface area contributed by atoms with Crippen LogP contribution in [-0.2, 0) is 11.3 Å². The Kier molecular flexibility index (Phi) is 4.89. The van der Waals surface area contributed by atoms with Gasteiger partial charge in [0.15, 0.2) is 0 Å². The molecule has 3 aromatic rings. The number of carbonyl (C=O) groups is 2. The topological polar surface area (TPSA) is 78.1 Å². The number of amides is 2. The molecule has 1 aliphatic rings. The second kappa shape index (κ2) is 7.64. The van der Waals surface area contributed by atoms with Gasteiger partial charge in [-0.3, -0.25) is 9.59 Å². The van der Waals surface area contributed by atoms with Crippen molar-refractivity contribution < 1.29 is 14.0 Å². The van der Waals surface area contributed by atoms with Gasteiger partial charge in [-0.15, -0.1) is 0 Å². The Morgan fingerprint density at radius 1 is 1.18 bits per heavy atom. The third-order valence-electron chi connectivity index (χ3n) is 4.75. The van der Waals surface area contributed by atoms with Crippen molar-refractivity contribution in [2.24, 2.45) is 0 Å². The largest absolute Gasteiger partial charge is 0.346 e. The van der Waals surface area contributed by atoms with E-state index in [9.17, 15) is 14.0 Å². The third kappa shape index (κ3) is 3.78. The maximum absolute atomic E-state index is 13.0. The summed E-state index contributed by atoms with van der Waals surface area (Å²) in [6, 6.07) is 15.2. The van der Waals surface area contributed by atoms with E-state index in [2.05, 4.69) is 15.3 Å². The summed E-state index contributed by atoms with van der Waals surface area (Å²) in [5.74, 6) is -0.643. The molecule has 0 radical (unpaired) electrons. The fraction of sp³-hybridized carbons (Fsp3) is 0.190. The van der Waals surface area contributed by atoms with Gasteiger partial charge in [0.25, 0.3) is 5.91 Å². The molecule has 1 saturated heterocycles. The van der Waals surface area contributed by atoms with Gasteiger partial charge in [-0.05, 0) is 17.7 Å². The van der Waals surface area contributed by atoms with Crippen molar-refractivity contribution in [1.82, 2.24) is 20.2 Å². The van der Waals surface area contributed by atoms with Crippen LogP contribution in [0, 0.1) is 5.82 Å². The number of benzene rings is 2. The predicted octanol–water partition coefficient (Wildman–Crippen LogP) is 2.75. The number of rotatable bonds is 5. The molecule has 2 N–H and O–H groups in total. The van der Waals surface area contributed by atoms with Crippen LogP contribution in [0.5, 0.6) is 0 Å². The van der Waals surface area contributed by atoms with Crippen molar-refractivity contribution in [3.8, 4) is 11.3 Å². The lowest BCUT2D eigenvalue weighted by Gasteiger charge is -2.17. The molecule has 0 unspecified atom stereocenters. The number of likely N-dealkylation sites (tertiary alicyclic amines) is 1. The van der Waals surface area contributed by atoms with Crippen molar-refractivity contribution >= 4 is 11.8 Å². The fourth-order valence-electron chi connectivity index (χ4n) is 3.37. The highest BCUT2D eigenvalue weighted by Crippen LogP contribution is 2.21. The van der Waals surface area contributed by atoms with E-state index in [0.29, 0.717) is 24.5 Å². The molecular formula is C21H19FN4O2. The molecule has 0 aliphatic carbocycles. The second-order valence-corrected chi connectivity index (χ2v) is 6.77. The monoisotopic (exact) mass is 378 g/mol. The molecule has 2 amide bonds. The summed E-state index contributed by atoms with van der Waals surface area (Å²) in [5, 5.41) is 2.91. The minimum absolute atomic E-state index is 0.0393. The fourth-order valence-corrected chi connectivity index (χ4v) is 3.37. The first-order valence-electron chi connectivity index (χ1n) is 9.02. The van der Waals surface area contributed by atoms with Crippen molar-refractivity contribution in [3.05, 3.63) is 78.0 Å². The first kappa shape index (κ1) is 17.9. The zero-order chi connectivity index (χ0) is 19.5. The van der Waals surface area contributed by atoms with Gasteiger partial charge in [-0.1, -0.05) is 42.5 Å². The lowest BCUT2D eigenvalue weighted by molar-refractivity contribution is -0.128. The van der Waals surface area contributed by atoms with E-state index in [1.54, 1.807) is 17.0 Å². The zero-order valence-electron chi connectivity index (χ0n) is 15.1. The standard InChI is InChI=1S/C21H19FN4O2/c22-16-8-6-14(7-9-16)11-26-12-17(10-18(26)27)25-21(28)20-19(23-13-24-20)15-4-2-1-3-5-15/h1-9,13,17H,10-12H2,(H,23,24)(H,25,28)/t17-/m0/s1. The average molecular weight is 378 g/mol. The van der Waals surface area contributed by atoms with E-state index in [1.165, 1.54) is 18.5 Å². The highest BCUT2D eigenvalue weighted by molar-refractivity contribution is 5.98. The van der Waals surface area contributed by atoms with Crippen LogP contribution in [0.2, 0.25) is 0 Å². The van der Waals surface area contributed by atoms with Gasteiger partial charge in [0.1, 0.15) is 17.2 Å². The minimum Gasteiger partial charge on any atom is -0.346 e. The summed E-state index contributed by atoms with van der Waals surface area (Å²) in [5.41, 5.74) is 2.64. The summed E-state index contributed by atoms with van der Waals surface area (Å²) in [6.07, 6.45) is 1.72. The SMILES string of the molecule is O=C(N[C@H]1CC(=O)N(Cc2ccc(F)cc2)C1)c1[nH]cnc1-c1ccccc1. The average Bonchev–Trinajstić information content (AvgIpc) is 3.31. The summed E-state index contributed by atoms with van der Waals surface area (Å²) in [4.78, 5) is 33.8. The van der Waals surface area contributed by atoms with Crippen LogP contribution < -0.4 is 5.32 Å². The molecule has 1 atom stereocenters. The van der Waals surface area contributed by atoms with Gasteiger partial charge in [0.05, 0.1) is 12.4 Å². The van der Waals surface area contributed by atoms with E-state index in [4.69, 9.17) is 0 Å². The number of H-pyrrole nitrogens is 1. The molecule has 1 fully saturated rings. The number of nitrogens with zero attached hydrogens (tertiary/aromatic N) is 2. The first-order valence-corrected chi connectivity index (χ1v) is 9.02. The van der Waals surface area contributed by atoms with Crippen molar-refractivity contribution in [2.75, 3.05) is 6.54 Å². The Balaban J connectivity index is 1.42. The van der Waals surface area contributed by atoms with Crippen molar-refractivity contribution in [2.45, 2.75) is 19.0 Å². The minimum atomic E-state index is -0.310. The van der Waals surface area contributed by atoms with Crippen LogP contribution in [0.15, 0.2) is 60.9 Å². The first-order chi connectivity index (χ1) is 13.6. The van der Waals surface area contributed by atoms with E-state index in [1.807, 2.05) is 30.3 Å². The maximum Gasteiger partial charge on any atom is 0.270 e. The van der Waals surface area contributed by atoms with E-state index in [-0.39, 0.29) is 30.1 Å². The number of hydrogen-bond acceptors (Lipinski definition) is 3. The van der Waals surface area contributed by atoms with Crippen LogP contribution in [0.3, 0.4) is 0 Å². The Morgan fingerprint density at radius 3 is 2.68 bits per heavy atom. The number of halogens is 1. The molecular weight excluding hydrogens is 359 g/mol. The summed E-state index contributed by atoms with van der Waals surface area (Å²) < 4.78 is 13.0. The number of hydrogen-bond donors (Lipinski definition) is 2. The molecule has 7 heteroatoms. The smallest absolute Gasteiger partial charge is 0.270 e. The van der Waals surface area contributed by atoms with Crippen LogP contribution >= 0.6 is 0 Å². The molecule has 2 heterocycles. The summed E-state index contributed by atoms with van der Waals surface area (Å²) in [7, 11) is 0. The quantitative estimate of drug-likeness (QED) is 0.717. The van der Waals surface area contributed by atoms with Gasteiger partial charge in [-0.2, -0.15) is 0 Å². The number of carbonyl (C=O) groups excluding carboxylic acids is 2. The molecule has 2 aromatic carbocycles. The highest BCUT2D eigenvalue weighted by Gasteiger charge is 2.31. The van der Waals surface area contributed by atoms with Crippen molar-refractivity contribution in [1.29, 1.82) is 0 Å². The normalized spacial score (nSPS) is 16.4. The van der Waals surface area contributed by atoms with Crippen LogP contribution in [-0.4, -0.2) is 39.3 Å². The number of aromatic nitrogens is 2.